The van der Waals surface area contributed by atoms with Gasteiger partial charge in [0.2, 0.25) is 11.8 Å². The molecule has 3 unspecified atom stereocenters. The summed E-state index contributed by atoms with van der Waals surface area (Å²) in [6.07, 6.45) is 0. The number of carbonyl (C=O) groups is 3. The minimum Gasteiger partial charge on any atom is -0.368 e. The summed E-state index contributed by atoms with van der Waals surface area (Å²) in [5.41, 5.74) is 3.99. The highest BCUT2D eigenvalue weighted by molar-refractivity contribution is 6.03. The van der Waals surface area contributed by atoms with Crippen molar-refractivity contribution in [2.24, 2.45) is 33.8 Å². The SMILES string of the molecule is CC(C)C(=O)N[C@H](C(=O)C12C(C(N)=O)NCC1C2(C)C)C(C)(C)C. The molecule has 0 bridgehead atoms. The number of primary amides is 1. The lowest BCUT2D eigenvalue weighted by molar-refractivity contribution is -0.138. The number of nitrogens with one attached hydrogen (secondary N) is 2. The first-order chi connectivity index (χ1) is 10.8. The molecule has 24 heavy (non-hydrogen) atoms. The maximum atomic E-state index is 13.6. The molecule has 0 spiro atoms. The van der Waals surface area contributed by atoms with Gasteiger partial charge in [-0.2, -0.15) is 0 Å². The molecule has 1 saturated heterocycles. The molecule has 0 aromatic carbocycles. The topological polar surface area (TPSA) is 101 Å². The molecule has 2 aliphatic rings. The molecule has 0 aromatic heterocycles. The minimum absolute atomic E-state index is 0.0656. The van der Waals surface area contributed by atoms with E-state index in [9.17, 15) is 14.4 Å². The predicted molar refractivity (Wildman–Crippen MR) is 91.9 cm³/mol. The fraction of sp³-hybridized carbons (Fsp3) is 0.833. The van der Waals surface area contributed by atoms with Crippen LogP contribution in [-0.4, -0.2) is 36.2 Å². The van der Waals surface area contributed by atoms with Crippen LogP contribution >= 0.6 is 0 Å². The molecule has 2 rings (SSSR count). The number of Topliss-reactive ketones (excluding diaryl/α,β-unsaturated/α-hetero) is 1. The summed E-state index contributed by atoms with van der Waals surface area (Å²) in [6.45, 7) is 14.0. The Labute approximate surface area is 144 Å². The highest BCUT2D eigenvalue weighted by atomic mass is 16.2. The van der Waals surface area contributed by atoms with E-state index in [-0.39, 0.29) is 28.9 Å². The molecule has 1 aliphatic carbocycles. The molecule has 0 radical (unpaired) electrons. The van der Waals surface area contributed by atoms with E-state index < -0.39 is 28.8 Å². The number of ketones is 1. The van der Waals surface area contributed by atoms with Gasteiger partial charge in [-0.05, 0) is 16.7 Å². The van der Waals surface area contributed by atoms with Gasteiger partial charge in [-0.15, -0.1) is 0 Å². The van der Waals surface area contributed by atoms with Crippen molar-refractivity contribution in [3.8, 4) is 0 Å². The summed E-state index contributed by atoms with van der Waals surface area (Å²) in [5, 5.41) is 6.02. The molecular formula is C18H31N3O3. The van der Waals surface area contributed by atoms with Crippen molar-refractivity contribution in [2.75, 3.05) is 6.54 Å². The zero-order valence-corrected chi connectivity index (χ0v) is 15.8. The number of carbonyl (C=O) groups excluding carboxylic acids is 3. The second kappa shape index (κ2) is 5.55. The summed E-state index contributed by atoms with van der Waals surface area (Å²) in [4.78, 5) is 37.8. The lowest BCUT2D eigenvalue weighted by Gasteiger charge is -2.36. The van der Waals surface area contributed by atoms with Crippen LogP contribution in [0, 0.1) is 28.1 Å². The van der Waals surface area contributed by atoms with Crippen LogP contribution in [0.4, 0.5) is 0 Å². The molecule has 136 valence electrons. The smallest absolute Gasteiger partial charge is 0.235 e. The molecule has 6 nitrogen and oxygen atoms in total. The summed E-state index contributed by atoms with van der Waals surface area (Å²) >= 11 is 0. The van der Waals surface area contributed by atoms with Crippen LogP contribution < -0.4 is 16.4 Å². The van der Waals surface area contributed by atoms with Crippen LogP contribution in [-0.2, 0) is 14.4 Å². The third-order valence-corrected chi connectivity index (χ3v) is 6.02. The minimum atomic E-state index is -0.832. The van der Waals surface area contributed by atoms with E-state index in [4.69, 9.17) is 5.73 Å². The molecule has 2 fully saturated rings. The van der Waals surface area contributed by atoms with Gasteiger partial charge in [0, 0.05) is 12.5 Å². The second-order valence-electron chi connectivity index (χ2n) is 9.21. The maximum absolute atomic E-state index is 13.6. The van der Waals surface area contributed by atoms with Crippen molar-refractivity contribution in [1.82, 2.24) is 10.6 Å². The van der Waals surface area contributed by atoms with Gasteiger partial charge < -0.3 is 16.4 Å². The molecule has 1 aliphatic heterocycles. The van der Waals surface area contributed by atoms with Crippen LogP contribution in [0.1, 0.15) is 48.5 Å². The van der Waals surface area contributed by atoms with Gasteiger partial charge >= 0.3 is 0 Å². The number of amides is 2. The highest BCUT2D eigenvalue weighted by Crippen LogP contribution is 2.73. The van der Waals surface area contributed by atoms with Crippen molar-refractivity contribution in [3.05, 3.63) is 0 Å². The highest BCUT2D eigenvalue weighted by Gasteiger charge is 2.82. The normalized spacial score (nSPS) is 32.2. The Balaban J connectivity index is 2.42. The maximum Gasteiger partial charge on any atom is 0.235 e. The third kappa shape index (κ3) is 2.46. The lowest BCUT2D eigenvalue weighted by atomic mass is 9.73. The zero-order valence-electron chi connectivity index (χ0n) is 15.8. The molecule has 1 heterocycles. The average molecular weight is 337 g/mol. The zero-order chi connectivity index (χ0) is 18.7. The van der Waals surface area contributed by atoms with Gasteiger partial charge in [0.15, 0.2) is 5.78 Å². The summed E-state index contributed by atoms with van der Waals surface area (Å²) in [5.74, 6) is -0.879. The number of rotatable bonds is 5. The predicted octanol–water partition coefficient (Wildman–Crippen LogP) is 0.842. The molecule has 0 aromatic rings. The number of hydrogen-bond donors (Lipinski definition) is 3. The molecule has 2 amide bonds. The molecular weight excluding hydrogens is 306 g/mol. The average Bonchev–Trinajstić information content (AvgIpc) is 2.77. The van der Waals surface area contributed by atoms with Gasteiger partial charge in [-0.3, -0.25) is 14.4 Å². The molecule has 4 N–H and O–H groups in total. The Morgan fingerprint density at radius 2 is 1.75 bits per heavy atom. The Bertz CT molecular complexity index is 577. The summed E-state index contributed by atoms with van der Waals surface area (Å²) < 4.78 is 0. The lowest BCUT2D eigenvalue weighted by Crippen LogP contribution is -2.58. The standard InChI is InChI=1S/C18H31N3O3/c1-9(2)15(24)21-11(16(3,4)5)13(22)18-10(17(18,6)7)8-20-12(18)14(19)23/h9-12,20H,8H2,1-7H3,(H2,19,23)(H,21,24)/t10?,11-,12?,18?/m1/s1. The fourth-order valence-corrected chi connectivity index (χ4v) is 4.47. The first-order valence-electron chi connectivity index (χ1n) is 8.67. The Kier molecular flexibility index (Phi) is 4.37. The number of piperidine rings is 1. The molecule has 4 atom stereocenters. The summed E-state index contributed by atoms with van der Waals surface area (Å²) in [7, 11) is 0. The van der Waals surface area contributed by atoms with Crippen molar-refractivity contribution >= 4 is 17.6 Å². The van der Waals surface area contributed by atoms with Crippen molar-refractivity contribution in [3.63, 3.8) is 0 Å². The van der Waals surface area contributed by atoms with Crippen LogP contribution in [0.15, 0.2) is 0 Å². The van der Waals surface area contributed by atoms with E-state index in [1.54, 1.807) is 13.8 Å². The van der Waals surface area contributed by atoms with Gasteiger partial charge in [0.05, 0.1) is 11.5 Å². The van der Waals surface area contributed by atoms with Gasteiger partial charge in [-0.25, -0.2) is 0 Å². The second-order valence-corrected chi connectivity index (χ2v) is 9.21. The van der Waals surface area contributed by atoms with Gasteiger partial charge in [-0.1, -0.05) is 48.5 Å². The van der Waals surface area contributed by atoms with E-state index in [2.05, 4.69) is 10.6 Å². The van der Waals surface area contributed by atoms with Gasteiger partial charge in [0.25, 0.3) is 0 Å². The van der Waals surface area contributed by atoms with Crippen molar-refractivity contribution in [1.29, 1.82) is 0 Å². The van der Waals surface area contributed by atoms with Crippen LogP contribution in [0.5, 0.6) is 0 Å². The molecule has 1 saturated carbocycles. The van der Waals surface area contributed by atoms with Crippen molar-refractivity contribution in [2.45, 2.75) is 60.5 Å². The molecule has 6 heteroatoms. The monoisotopic (exact) mass is 337 g/mol. The Morgan fingerprint density at radius 1 is 1.21 bits per heavy atom. The number of nitrogens with two attached hydrogens (primary N) is 1. The fourth-order valence-electron chi connectivity index (χ4n) is 4.47. The van der Waals surface area contributed by atoms with E-state index in [0.717, 1.165) is 0 Å². The quantitative estimate of drug-likeness (QED) is 0.692. The third-order valence-electron chi connectivity index (χ3n) is 6.02. The van der Waals surface area contributed by atoms with Crippen molar-refractivity contribution < 1.29 is 14.4 Å². The van der Waals surface area contributed by atoms with E-state index in [0.29, 0.717) is 6.54 Å². The first kappa shape index (κ1) is 18.9. The largest absolute Gasteiger partial charge is 0.368 e. The Hall–Kier alpha value is -1.43. The van der Waals surface area contributed by atoms with E-state index in [1.807, 2.05) is 34.6 Å². The van der Waals surface area contributed by atoms with E-state index in [1.165, 1.54) is 0 Å². The van der Waals surface area contributed by atoms with Gasteiger partial charge in [0.1, 0.15) is 6.04 Å². The number of hydrogen-bond acceptors (Lipinski definition) is 4. The summed E-state index contributed by atoms with van der Waals surface area (Å²) in [6, 6.07) is -1.33. The van der Waals surface area contributed by atoms with Crippen LogP contribution in [0.3, 0.4) is 0 Å². The van der Waals surface area contributed by atoms with E-state index >= 15 is 0 Å². The van der Waals surface area contributed by atoms with Crippen LogP contribution in [0.2, 0.25) is 0 Å². The number of fused-ring (bicyclic) bond motifs is 1. The Morgan fingerprint density at radius 3 is 2.12 bits per heavy atom. The van der Waals surface area contributed by atoms with Crippen LogP contribution in [0.25, 0.3) is 0 Å². The first-order valence-corrected chi connectivity index (χ1v) is 8.67.